The van der Waals surface area contributed by atoms with Gasteiger partial charge in [0, 0.05) is 30.2 Å². The van der Waals surface area contributed by atoms with Crippen molar-refractivity contribution in [1.29, 1.82) is 0 Å². The molecule has 3 aromatic rings. The van der Waals surface area contributed by atoms with Gasteiger partial charge in [-0.15, -0.1) is 5.10 Å². The van der Waals surface area contributed by atoms with Crippen LogP contribution in [0.3, 0.4) is 0 Å². The van der Waals surface area contributed by atoms with Gasteiger partial charge in [-0.1, -0.05) is 0 Å². The van der Waals surface area contributed by atoms with Crippen LogP contribution in [0.2, 0.25) is 0 Å². The normalized spacial score (nSPS) is 12.1. The zero-order chi connectivity index (χ0) is 24.2. The number of benzene rings is 1. The molecule has 1 aromatic carbocycles. The molecule has 0 aliphatic heterocycles. The molecule has 33 heavy (non-hydrogen) atoms. The van der Waals surface area contributed by atoms with E-state index in [9.17, 15) is 35.9 Å². The standard InChI is InChI=1S/C18H11F6N7O2/c19-17(20,21)11-5-10(6-12(7-11)18(22,23)24)15-27-9-31(30-15)4-1-14(32)28-29-16(33)13-8-25-2-3-26-13/h1-9H,(H,28,32)(H,29,33)/b4-1-. The molecule has 2 heterocycles. The molecule has 0 fully saturated rings. The first-order valence-electron chi connectivity index (χ1n) is 8.69. The number of carbonyl (C=O) groups is 2. The lowest BCUT2D eigenvalue weighted by molar-refractivity contribution is -0.143. The van der Waals surface area contributed by atoms with Crippen LogP contribution < -0.4 is 10.9 Å². The molecule has 9 nitrogen and oxygen atoms in total. The fraction of sp³-hybridized carbons (Fsp3) is 0.111. The number of rotatable bonds is 4. The van der Waals surface area contributed by atoms with E-state index in [0.29, 0.717) is 12.1 Å². The Morgan fingerprint density at radius 2 is 1.58 bits per heavy atom. The van der Waals surface area contributed by atoms with Crippen molar-refractivity contribution < 1.29 is 35.9 Å². The monoisotopic (exact) mass is 471 g/mol. The first-order chi connectivity index (χ1) is 15.4. The predicted octanol–water partition coefficient (Wildman–Crippen LogP) is 2.70. The number of carbonyl (C=O) groups excluding carboxylic acids is 2. The number of aromatic nitrogens is 5. The summed E-state index contributed by atoms with van der Waals surface area (Å²) in [5.41, 5.74) is 0.466. The summed E-state index contributed by atoms with van der Waals surface area (Å²) >= 11 is 0. The van der Waals surface area contributed by atoms with Crippen LogP contribution >= 0.6 is 0 Å². The topological polar surface area (TPSA) is 115 Å². The molecule has 3 rings (SSSR count). The predicted molar refractivity (Wildman–Crippen MR) is 98.4 cm³/mol. The van der Waals surface area contributed by atoms with Crippen molar-refractivity contribution in [3.63, 3.8) is 0 Å². The van der Waals surface area contributed by atoms with E-state index in [1.807, 2.05) is 5.43 Å². The summed E-state index contributed by atoms with van der Waals surface area (Å²) in [7, 11) is 0. The zero-order valence-corrected chi connectivity index (χ0v) is 16.0. The van der Waals surface area contributed by atoms with Crippen LogP contribution in [0, 0.1) is 0 Å². The maximum absolute atomic E-state index is 13.0. The first-order valence-corrected chi connectivity index (χ1v) is 8.69. The van der Waals surface area contributed by atoms with E-state index in [1.54, 1.807) is 0 Å². The summed E-state index contributed by atoms with van der Waals surface area (Å²) in [5, 5.41) is 3.74. The van der Waals surface area contributed by atoms with Gasteiger partial charge in [-0.25, -0.2) is 14.6 Å². The van der Waals surface area contributed by atoms with E-state index in [1.165, 1.54) is 12.4 Å². The Hall–Kier alpha value is -4.30. The van der Waals surface area contributed by atoms with E-state index in [2.05, 4.69) is 25.5 Å². The summed E-state index contributed by atoms with van der Waals surface area (Å²) in [6, 6.07) is 0.945. The SMILES string of the molecule is O=C(/C=C\n1cnc(-c2cc(C(F)(F)F)cc(C(F)(F)F)c2)n1)NNC(=O)c1cnccn1. The van der Waals surface area contributed by atoms with Crippen LogP contribution in [-0.2, 0) is 17.1 Å². The lowest BCUT2D eigenvalue weighted by atomic mass is 10.0. The largest absolute Gasteiger partial charge is 0.416 e. The van der Waals surface area contributed by atoms with Gasteiger partial charge in [-0.2, -0.15) is 26.3 Å². The van der Waals surface area contributed by atoms with Crippen LogP contribution in [0.15, 0.2) is 49.2 Å². The van der Waals surface area contributed by atoms with Gasteiger partial charge in [-0.3, -0.25) is 25.4 Å². The summed E-state index contributed by atoms with van der Waals surface area (Å²) in [4.78, 5) is 34.6. The highest BCUT2D eigenvalue weighted by Crippen LogP contribution is 2.38. The summed E-state index contributed by atoms with van der Waals surface area (Å²) < 4.78 is 78.9. The Balaban J connectivity index is 1.72. The number of halogens is 6. The highest BCUT2D eigenvalue weighted by Gasteiger charge is 2.37. The Bertz CT molecular complexity index is 1160. The maximum atomic E-state index is 13.0. The van der Waals surface area contributed by atoms with Crippen LogP contribution in [-0.4, -0.2) is 36.5 Å². The molecule has 15 heteroatoms. The Kier molecular flexibility index (Phi) is 6.41. The van der Waals surface area contributed by atoms with Crippen LogP contribution in [0.25, 0.3) is 17.6 Å². The molecule has 0 saturated heterocycles. The molecule has 0 radical (unpaired) electrons. The van der Waals surface area contributed by atoms with Crippen molar-refractivity contribution in [2.24, 2.45) is 0 Å². The number of hydrogen-bond donors (Lipinski definition) is 2. The Morgan fingerprint density at radius 3 is 2.15 bits per heavy atom. The van der Waals surface area contributed by atoms with Gasteiger partial charge in [0.1, 0.15) is 12.0 Å². The molecule has 2 amide bonds. The average Bonchev–Trinajstić information content (AvgIpc) is 3.24. The second-order valence-electron chi connectivity index (χ2n) is 6.19. The summed E-state index contributed by atoms with van der Waals surface area (Å²) in [6.45, 7) is 0. The van der Waals surface area contributed by atoms with Crippen molar-refractivity contribution in [3.05, 3.63) is 66.0 Å². The second-order valence-corrected chi connectivity index (χ2v) is 6.19. The van der Waals surface area contributed by atoms with Gasteiger partial charge in [-0.05, 0) is 18.2 Å². The van der Waals surface area contributed by atoms with Gasteiger partial charge in [0.25, 0.3) is 11.8 Å². The fourth-order valence-electron chi connectivity index (χ4n) is 2.35. The third-order valence-corrected chi connectivity index (χ3v) is 3.83. The van der Waals surface area contributed by atoms with Crippen molar-refractivity contribution in [3.8, 4) is 11.4 Å². The number of alkyl halides is 6. The van der Waals surface area contributed by atoms with Crippen molar-refractivity contribution >= 4 is 18.0 Å². The Labute approximate surface area is 180 Å². The van der Waals surface area contributed by atoms with Crippen LogP contribution in [0.5, 0.6) is 0 Å². The second kappa shape index (κ2) is 9.05. The number of hydrazine groups is 1. The summed E-state index contributed by atoms with van der Waals surface area (Å²) in [5.74, 6) is -2.02. The lowest BCUT2D eigenvalue weighted by Crippen LogP contribution is -2.41. The third-order valence-electron chi connectivity index (χ3n) is 3.83. The number of nitrogens with zero attached hydrogens (tertiary/aromatic N) is 5. The smallest absolute Gasteiger partial charge is 0.268 e. The molecule has 0 saturated carbocycles. The third kappa shape index (κ3) is 6.11. The van der Waals surface area contributed by atoms with E-state index >= 15 is 0 Å². The molecule has 0 spiro atoms. The molecule has 0 bridgehead atoms. The number of amides is 2. The van der Waals surface area contributed by atoms with Gasteiger partial charge in [0.05, 0.1) is 17.3 Å². The average molecular weight is 471 g/mol. The van der Waals surface area contributed by atoms with Gasteiger partial charge < -0.3 is 0 Å². The van der Waals surface area contributed by atoms with Crippen LogP contribution in [0.4, 0.5) is 26.3 Å². The maximum Gasteiger partial charge on any atom is 0.416 e. The molecular formula is C18H11F6N7O2. The minimum atomic E-state index is -5.02. The molecule has 0 aliphatic carbocycles. The highest BCUT2D eigenvalue weighted by molar-refractivity contribution is 5.96. The van der Waals surface area contributed by atoms with E-state index in [0.717, 1.165) is 29.5 Å². The van der Waals surface area contributed by atoms with Crippen molar-refractivity contribution in [2.75, 3.05) is 0 Å². The molecular weight excluding hydrogens is 460 g/mol. The van der Waals surface area contributed by atoms with Gasteiger partial charge in [0.2, 0.25) is 0 Å². The fourth-order valence-corrected chi connectivity index (χ4v) is 2.35. The minimum Gasteiger partial charge on any atom is -0.268 e. The lowest BCUT2D eigenvalue weighted by Gasteiger charge is -2.13. The summed E-state index contributed by atoms with van der Waals surface area (Å²) in [6.07, 6.45) is -3.42. The van der Waals surface area contributed by atoms with Gasteiger partial charge >= 0.3 is 12.4 Å². The van der Waals surface area contributed by atoms with Gasteiger partial charge in [0.15, 0.2) is 5.82 Å². The number of hydrogen-bond acceptors (Lipinski definition) is 6. The highest BCUT2D eigenvalue weighted by atomic mass is 19.4. The van der Waals surface area contributed by atoms with Crippen molar-refractivity contribution in [2.45, 2.75) is 12.4 Å². The molecule has 2 aromatic heterocycles. The quantitative estimate of drug-likeness (QED) is 0.344. The molecule has 2 N–H and O–H groups in total. The molecule has 172 valence electrons. The van der Waals surface area contributed by atoms with E-state index in [-0.39, 0.29) is 11.8 Å². The van der Waals surface area contributed by atoms with E-state index < -0.39 is 46.7 Å². The molecule has 0 aliphatic rings. The first kappa shape index (κ1) is 23.4. The van der Waals surface area contributed by atoms with Crippen LogP contribution in [0.1, 0.15) is 21.6 Å². The number of nitrogens with one attached hydrogen (secondary N) is 2. The Morgan fingerprint density at radius 1 is 0.909 bits per heavy atom. The minimum absolute atomic E-state index is 0.0138. The van der Waals surface area contributed by atoms with E-state index in [4.69, 9.17) is 0 Å². The van der Waals surface area contributed by atoms with Crippen molar-refractivity contribution in [1.82, 2.24) is 35.6 Å². The molecule has 0 unspecified atom stereocenters. The molecule has 0 atom stereocenters. The zero-order valence-electron chi connectivity index (χ0n) is 16.0.